The molecule has 0 aromatic heterocycles. The van der Waals surface area contributed by atoms with Crippen LogP contribution in [0, 0.1) is 23.7 Å². The Hall–Kier alpha value is -1.94. The molecule has 0 rings (SSSR count). The van der Waals surface area contributed by atoms with Gasteiger partial charge in [-0.25, -0.2) is 9.13 Å². The first-order valence-electron chi connectivity index (χ1n) is 42.2. The summed E-state index contributed by atoms with van der Waals surface area (Å²) in [6.45, 7) is 14.2. The van der Waals surface area contributed by atoms with Gasteiger partial charge in [0, 0.05) is 25.7 Å². The molecule has 0 aliphatic heterocycles. The molecule has 0 aliphatic rings. The molecule has 0 saturated carbocycles. The number of hydrogen-bond acceptors (Lipinski definition) is 15. The molecule has 0 amide bonds. The third kappa shape index (κ3) is 76.1. The Bertz CT molecular complexity index is 1970. The van der Waals surface area contributed by atoms with Gasteiger partial charge in [0.25, 0.3) is 0 Å². The summed E-state index contributed by atoms with van der Waals surface area (Å²) in [6, 6.07) is 0. The van der Waals surface area contributed by atoms with Gasteiger partial charge in [0.1, 0.15) is 19.3 Å². The Balaban J connectivity index is 5.16. The third-order valence-electron chi connectivity index (χ3n) is 19.1. The van der Waals surface area contributed by atoms with Gasteiger partial charge in [-0.05, 0) is 49.4 Å². The lowest BCUT2D eigenvalue weighted by molar-refractivity contribution is -0.161. The van der Waals surface area contributed by atoms with Crippen LogP contribution in [-0.2, 0) is 65.4 Å². The van der Waals surface area contributed by atoms with Gasteiger partial charge in [-0.3, -0.25) is 37.3 Å². The number of carbonyl (C=O) groups is 4. The molecular weight excluding hydrogens is 1320 g/mol. The van der Waals surface area contributed by atoms with E-state index in [2.05, 4.69) is 55.4 Å². The minimum absolute atomic E-state index is 0.101. The second-order valence-corrected chi connectivity index (χ2v) is 34.3. The van der Waals surface area contributed by atoms with E-state index < -0.39 is 97.5 Å². The smallest absolute Gasteiger partial charge is 0.462 e. The van der Waals surface area contributed by atoms with Crippen molar-refractivity contribution < 1.29 is 80.2 Å². The summed E-state index contributed by atoms with van der Waals surface area (Å²) in [5.41, 5.74) is 0. The van der Waals surface area contributed by atoms with Crippen molar-refractivity contribution in [3.8, 4) is 0 Å². The molecule has 600 valence electrons. The number of aliphatic hydroxyl groups excluding tert-OH is 1. The summed E-state index contributed by atoms with van der Waals surface area (Å²) in [7, 11) is -9.92. The van der Waals surface area contributed by atoms with Crippen molar-refractivity contribution in [3.63, 3.8) is 0 Å². The van der Waals surface area contributed by atoms with Crippen LogP contribution < -0.4 is 0 Å². The summed E-state index contributed by atoms with van der Waals surface area (Å²) in [6.07, 6.45) is 58.8. The maximum absolute atomic E-state index is 13.1. The molecule has 0 aromatic rings. The molecule has 0 heterocycles. The van der Waals surface area contributed by atoms with Gasteiger partial charge in [0.15, 0.2) is 12.2 Å². The van der Waals surface area contributed by atoms with Crippen molar-refractivity contribution in [1.82, 2.24) is 0 Å². The van der Waals surface area contributed by atoms with E-state index in [1.54, 1.807) is 0 Å². The SMILES string of the molecule is CC(C)CCCCCCCCCCCCCCCCCCCCC(=O)OC[C@H](COP(=O)(O)OCC(O)COP(=O)(O)OC[C@@H](COC(=O)CCCCCCCCCC(C)C)OC(=O)CCCCCCCCC(C)C)OC(=O)CCCCCCCCCCCCCCCCCCCCC(C)C. The first kappa shape index (κ1) is 99.1. The minimum atomic E-state index is -4.96. The van der Waals surface area contributed by atoms with E-state index >= 15 is 0 Å². The second kappa shape index (κ2) is 71.0. The average molecular weight is 1480 g/mol. The number of esters is 4. The van der Waals surface area contributed by atoms with Crippen molar-refractivity contribution >= 4 is 39.5 Å². The standard InChI is InChI=1S/C82H160O17P2/c1-72(2)58-50-42-34-29-25-21-17-13-9-11-15-19-23-27-31-37-46-54-62-79(84)92-68-77(98-81(86)64-56-48-38-32-28-24-20-16-12-10-14-18-22-26-30-35-43-51-59-73(3)4)70-96-100(88,89)94-66-76(83)67-95-101(90,91)97-71-78(99-82(87)65-57-49-41-40-45-53-61-75(7)8)69-93-80(85)63-55-47-39-33-36-44-52-60-74(5)6/h72-78,83H,9-71H2,1-8H3,(H,88,89)(H,90,91)/t76?,77-,78-/m1/s1. The molecular formula is C82H160O17P2. The lowest BCUT2D eigenvalue weighted by Gasteiger charge is -2.21. The summed E-state index contributed by atoms with van der Waals surface area (Å²) in [5, 5.41) is 10.6. The van der Waals surface area contributed by atoms with Gasteiger partial charge >= 0.3 is 39.5 Å². The third-order valence-corrected chi connectivity index (χ3v) is 21.0. The zero-order valence-corrected chi connectivity index (χ0v) is 68.3. The number of carbonyl (C=O) groups excluding carboxylic acids is 4. The van der Waals surface area contributed by atoms with Crippen LogP contribution in [0.15, 0.2) is 0 Å². The highest BCUT2D eigenvalue weighted by Gasteiger charge is 2.30. The average Bonchev–Trinajstić information content (AvgIpc) is 0.937. The number of hydrogen-bond donors (Lipinski definition) is 3. The van der Waals surface area contributed by atoms with E-state index in [-0.39, 0.29) is 25.7 Å². The topological polar surface area (TPSA) is 237 Å². The molecule has 3 unspecified atom stereocenters. The molecule has 0 spiro atoms. The number of ether oxygens (including phenoxy) is 4. The number of phosphoric acid groups is 2. The summed E-state index contributed by atoms with van der Waals surface area (Å²) >= 11 is 0. The Kier molecular flexibility index (Phi) is 69.6. The molecule has 0 bridgehead atoms. The van der Waals surface area contributed by atoms with E-state index in [0.717, 1.165) is 108 Å². The van der Waals surface area contributed by atoms with Gasteiger partial charge < -0.3 is 33.8 Å². The number of rotatable bonds is 79. The maximum Gasteiger partial charge on any atom is 0.472 e. The van der Waals surface area contributed by atoms with Crippen LogP contribution in [0.5, 0.6) is 0 Å². The Morgan fingerprint density at radius 3 is 0.614 bits per heavy atom. The predicted molar refractivity (Wildman–Crippen MR) is 414 cm³/mol. The van der Waals surface area contributed by atoms with Crippen LogP contribution in [0.25, 0.3) is 0 Å². The first-order valence-corrected chi connectivity index (χ1v) is 45.2. The number of unbranched alkanes of at least 4 members (excludes halogenated alkanes) is 45. The quantitative estimate of drug-likeness (QED) is 0.0222. The zero-order chi connectivity index (χ0) is 74.6. The molecule has 101 heavy (non-hydrogen) atoms. The van der Waals surface area contributed by atoms with Crippen molar-refractivity contribution in [2.45, 2.75) is 440 Å². The van der Waals surface area contributed by atoms with Gasteiger partial charge in [-0.1, -0.05) is 370 Å². The maximum atomic E-state index is 13.1. The number of aliphatic hydroxyl groups is 1. The van der Waals surface area contributed by atoms with E-state index in [1.807, 2.05) is 0 Å². The predicted octanol–water partition coefficient (Wildman–Crippen LogP) is 24.4. The number of phosphoric ester groups is 2. The second-order valence-electron chi connectivity index (χ2n) is 31.4. The van der Waals surface area contributed by atoms with Crippen LogP contribution >= 0.6 is 15.6 Å². The molecule has 0 radical (unpaired) electrons. The van der Waals surface area contributed by atoms with Crippen LogP contribution in [0.4, 0.5) is 0 Å². The van der Waals surface area contributed by atoms with E-state index in [4.69, 9.17) is 37.0 Å². The van der Waals surface area contributed by atoms with Gasteiger partial charge in [-0.15, -0.1) is 0 Å². The fourth-order valence-corrected chi connectivity index (χ4v) is 14.2. The largest absolute Gasteiger partial charge is 0.472 e. The summed E-state index contributed by atoms with van der Waals surface area (Å²) < 4.78 is 68.6. The molecule has 0 aromatic carbocycles. The van der Waals surface area contributed by atoms with Crippen LogP contribution in [0.2, 0.25) is 0 Å². The Morgan fingerprint density at radius 1 is 0.248 bits per heavy atom. The van der Waals surface area contributed by atoms with E-state index in [9.17, 15) is 43.2 Å². The molecule has 5 atom stereocenters. The fraction of sp³-hybridized carbons (Fsp3) is 0.951. The highest BCUT2D eigenvalue weighted by molar-refractivity contribution is 7.47. The lowest BCUT2D eigenvalue weighted by Crippen LogP contribution is -2.30. The zero-order valence-electron chi connectivity index (χ0n) is 66.5. The summed E-state index contributed by atoms with van der Waals surface area (Å²) in [5.74, 6) is 0.898. The summed E-state index contributed by atoms with van der Waals surface area (Å²) in [4.78, 5) is 72.9. The van der Waals surface area contributed by atoms with E-state index in [1.165, 1.54) is 218 Å². The van der Waals surface area contributed by atoms with Crippen molar-refractivity contribution in [1.29, 1.82) is 0 Å². The van der Waals surface area contributed by atoms with E-state index in [0.29, 0.717) is 37.5 Å². The van der Waals surface area contributed by atoms with Crippen molar-refractivity contribution in [2.24, 2.45) is 23.7 Å². The molecule has 0 aliphatic carbocycles. The van der Waals surface area contributed by atoms with Crippen LogP contribution in [0.1, 0.15) is 421 Å². The monoisotopic (exact) mass is 1480 g/mol. The molecule has 0 saturated heterocycles. The van der Waals surface area contributed by atoms with Gasteiger partial charge in [0.05, 0.1) is 26.4 Å². The normalized spacial score (nSPS) is 14.0. The van der Waals surface area contributed by atoms with Gasteiger partial charge in [-0.2, -0.15) is 0 Å². The highest BCUT2D eigenvalue weighted by atomic mass is 31.2. The lowest BCUT2D eigenvalue weighted by atomic mass is 10.0. The van der Waals surface area contributed by atoms with Gasteiger partial charge in [0.2, 0.25) is 0 Å². The van der Waals surface area contributed by atoms with Crippen LogP contribution in [0.3, 0.4) is 0 Å². The first-order chi connectivity index (χ1) is 48.6. The van der Waals surface area contributed by atoms with Crippen LogP contribution in [-0.4, -0.2) is 96.7 Å². The molecule has 3 N–H and O–H groups in total. The van der Waals surface area contributed by atoms with Crippen molar-refractivity contribution in [3.05, 3.63) is 0 Å². The molecule has 19 heteroatoms. The minimum Gasteiger partial charge on any atom is -0.462 e. The highest BCUT2D eigenvalue weighted by Crippen LogP contribution is 2.45. The molecule has 17 nitrogen and oxygen atoms in total. The van der Waals surface area contributed by atoms with Crippen molar-refractivity contribution in [2.75, 3.05) is 39.6 Å². The Labute approximate surface area is 619 Å². The fourth-order valence-electron chi connectivity index (χ4n) is 12.6. The molecule has 0 fully saturated rings. The Morgan fingerprint density at radius 2 is 0.416 bits per heavy atom.